The third-order valence-electron chi connectivity index (χ3n) is 4.25. The molecule has 25 heavy (non-hydrogen) atoms. The second-order valence-corrected chi connectivity index (χ2v) is 5.98. The van der Waals surface area contributed by atoms with E-state index >= 15 is 0 Å². The van der Waals surface area contributed by atoms with Crippen molar-refractivity contribution in [2.45, 2.75) is 12.8 Å². The Bertz CT molecular complexity index is 955. The third-order valence-corrected chi connectivity index (χ3v) is 4.25. The van der Waals surface area contributed by atoms with Gasteiger partial charge in [0.05, 0.1) is 0 Å². The highest BCUT2D eigenvalue weighted by Gasteiger charge is 2.03. The fraction of sp³-hybridized carbons (Fsp3) is 0.200. The highest BCUT2D eigenvalue weighted by molar-refractivity contribution is 5.84. The van der Waals surface area contributed by atoms with E-state index in [9.17, 15) is 5.11 Å². The van der Waals surface area contributed by atoms with Gasteiger partial charge < -0.3 is 26.5 Å². The molecular weight excluding hydrogens is 312 g/mol. The minimum absolute atomic E-state index is 0.297. The lowest BCUT2D eigenvalue weighted by molar-refractivity contribution is 0.476. The lowest BCUT2D eigenvalue weighted by Gasteiger charge is -1.96. The van der Waals surface area contributed by atoms with Crippen molar-refractivity contribution in [3.63, 3.8) is 0 Å². The van der Waals surface area contributed by atoms with Gasteiger partial charge in [-0.2, -0.15) is 0 Å². The van der Waals surface area contributed by atoms with Gasteiger partial charge >= 0.3 is 0 Å². The van der Waals surface area contributed by atoms with Crippen LogP contribution in [0.25, 0.3) is 21.8 Å². The number of aromatic nitrogens is 2. The molecule has 0 bridgehead atoms. The number of hydrogen-bond donors (Lipinski definition) is 5. The summed E-state index contributed by atoms with van der Waals surface area (Å²) in [6.45, 7) is 1.34. The topological polar surface area (TPSA) is 104 Å². The van der Waals surface area contributed by atoms with Crippen LogP contribution in [-0.2, 0) is 12.8 Å². The Balaban J connectivity index is 0.000000146. The number of hydrogen-bond acceptors (Lipinski definition) is 3. The van der Waals surface area contributed by atoms with Crippen LogP contribution in [0, 0.1) is 0 Å². The molecule has 0 spiro atoms. The van der Waals surface area contributed by atoms with Crippen molar-refractivity contribution in [2.75, 3.05) is 13.1 Å². The average molecular weight is 336 g/mol. The number of aromatic amines is 2. The van der Waals surface area contributed by atoms with Crippen LogP contribution in [0.1, 0.15) is 11.1 Å². The summed E-state index contributed by atoms with van der Waals surface area (Å²) in [6.07, 6.45) is 5.77. The van der Waals surface area contributed by atoms with Crippen molar-refractivity contribution >= 4 is 21.8 Å². The van der Waals surface area contributed by atoms with E-state index in [-0.39, 0.29) is 0 Å². The van der Waals surface area contributed by atoms with Crippen molar-refractivity contribution in [1.82, 2.24) is 9.97 Å². The Hall–Kier alpha value is -2.76. The lowest BCUT2D eigenvalue weighted by Crippen LogP contribution is -2.01. The molecule has 130 valence electrons. The van der Waals surface area contributed by atoms with Gasteiger partial charge in [-0.15, -0.1) is 0 Å². The molecule has 0 aliphatic carbocycles. The molecule has 0 saturated heterocycles. The maximum absolute atomic E-state index is 9.30. The number of fused-ring (bicyclic) bond motifs is 2. The van der Waals surface area contributed by atoms with Crippen LogP contribution in [0.4, 0.5) is 0 Å². The zero-order chi connectivity index (χ0) is 17.6. The van der Waals surface area contributed by atoms with E-state index < -0.39 is 0 Å². The molecule has 0 fully saturated rings. The van der Waals surface area contributed by atoms with Gasteiger partial charge in [0.2, 0.25) is 0 Å². The second-order valence-electron chi connectivity index (χ2n) is 5.98. The number of benzene rings is 2. The summed E-state index contributed by atoms with van der Waals surface area (Å²) >= 11 is 0. The average Bonchev–Trinajstić information content (AvgIpc) is 3.21. The zero-order valence-electron chi connectivity index (χ0n) is 14.1. The smallest absolute Gasteiger partial charge is 0.116 e. The van der Waals surface area contributed by atoms with Crippen LogP contribution >= 0.6 is 0 Å². The van der Waals surface area contributed by atoms with Crippen molar-refractivity contribution in [3.05, 3.63) is 66.0 Å². The first-order chi connectivity index (χ1) is 12.2. The molecule has 2 heterocycles. The van der Waals surface area contributed by atoms with E-state index in [1.165, 1.54) is 16.5 Å². The van der Waals surface area contributed by atoms with Gasteiger partial charge in [0.1, 0.15) is 5.75 Å². The van der Waals surface area contributed by atoms with Crippen LogP contribution in [0.2, 0.25) is 0 Å². The molecule has 0 unspecified atom stereocenters. The van der Waals surface area contributed by atoms with E-state index in [1.54, 1.807) is 12.1 Å². The highest BCUT2D eigenvalue weighted by atomic mass is 16.3. The Morgan fingerprint density at radius 3 is 2.04 bits per heavy atom. The Kier molecular flexibility index (Phi) is 5.38. The minimum Gasteiger partial charge on any atom is -0.508 e. The normalized spacial score (nSPS) is 10.8. The number of aromatic hydroxyl groups is 1. The van der Waals surface area contributed by atoms with Crippen LogP contribution in [0.5, 0.6) is 5.75 Å². The fourth-order valence-electron chi connectivity index (χ4n) is 3.02. The van der Waals surface area contributed by atoms with Crippen LogP contribution in [0.3, 0.4) is 0 Å². The number of phenols is 1. The minimum atomic E-state index is 0.297. The van der Waals surface area contributed by atoms with E-state index in [4.69, 9.17) is 11.5 Å². The Morgan fingerprint density at radius 1 is 0.760 bits per heavy atom. The summed E-state index contributed by atoms with van der Waals surface area (Å²) in [7, 11) is 0. The van der Waals surface area contributed by atoms with Gasteiger partial charge in [-0.1, -0.05) is 18.2 Å². The summed E-state index contributed by atoms with van der Waals surface area (Å²) in [5, 5.41) is 11.7. The molecule has 0 radical (unpaired) electrons. The molecule has 0 saturated carbocycles. The maximum Gasteiger partial charge on any atom is 0.116 e. The SMILES string of the molecule is NCCc1c[nH]c2ccc(O)cc12.NCCc1c[nH]c2ccccc12. The Labute approximate surface area is 146 Å². The third kappa shape index (κ3) is 3.84. The maximum atomic E-state index is 9.30. The molecular formula is C20H24N4O. The number of nitrogens with one attached hydrogen (secondary N) is 2. The van der Waals surface area contributed by atoms with E-state index in [2.05, 4.69) is 28.2 Å². The van der Waals surface area contributed by atoms with E-state index in [0.29, 0.717) is 18.8 Å². The predicted octanol–water partition coefficient (Wildman–Crippen LogP) is 3.04. The Morgan fingerprint density at radius 2 is 1.36 bits per heavy atom. The van der Waals surface area contributed by atoms with E-state index in [1.807, 2.05) is 24.5 Å². The van der Waals surface area contributed by atoms with Crippen molar-refractivity contribution in [3.8, 4) is 5.75 Å². The first-order valence-corrected chi connectivity index (χ1v) is 8.47. The second kappa shape index (κ2) is 7.88. The summed E-state index contributed by atoms with van der Waals surface area (Å²) in [5.41, 5.74) is 15.7. The number of rotatable bonds is 4. The monoisotopic (exact) mass is 336 g/mol. The van der Waals surface area contributed by atoms with Crippen LogP contribution < -0.4 is 11.5 Å². The highest BCUT2D eigenvalue weighted by Crippen LogP contribution is 2.22. The van der Waals surface area contributed by atoms with Gasteiger partial charge in [-0.25, -0.2) is 0 Å². The molecule has 5 heteroatoms. The quantitative estimate of drug-likeness (QED) is 0.395. The molecule has 0 amide bonds. The van der Waals surface area contributed by atoms with Crippen LogP contribution in [-0.4, -0.2) is 28.2 Å². The van der Waals surface area contributed by atoms with Gasteiger partial charge in [0.15, 0.2) is 0 Å². The van der Waals surface area contributed by atoms with Crippen molar-refractivity contribution in [2.24, 2.45) is 11.5 Å². The molecule has 5 nitrogen and oxygen atoms in total. The molecule has 0 aliphatic heterocycles. The lowest BCUT2D eigenvalue weighted by atomic mass is 10.1. The predicted molar refractivity (Wildman–Crippen MR) is 104 cm³/mol. The molecule has 4 aromatic rings. The molecule has 7 N–H and O–H groups in total. The van der Waals surface area contributed by atoms with Gasteiger partial charge in [-0.3, -0.25) is 0 Å². The molecule has 4 rings (SSSR count). The summed E-state index contributed by atoms with van der Waals surface area (Å²) in [6, 6.07) is 13.6. The molecule has 0 atom stereocenters. The first kappa shape index (κ1) is 17.1. The number of H-pyrrole nitrogens is 2. The van der Waals surface area contributed by atoms with Crippen LogP contribution in [0.15, 0.2) is 54.9 Å². The molecule has 2 aromatic heterocycles. The van der Waals surface area contributed by atoms with Crippen molar-refractivity contribution < 1.29 is 5.11 Å². The zero-order valence-corrected chi connectivity index (χ0v) is 14.1. The summed E-state index contributed by atoms with van der Waals surface area (Å²) in [5.74, 6) is 0.297. The fourth-order valence-corrected chi connectivity index (χ4v) is 3.02. The van der Waals surface area contributed by atoms with Gasteiger partial charge in [-0.05, 0) is 61.3 Å². The number of phenolic OH excluding ortho intramolecular Hbond substituents is 1. The molecule has 0 aliphatic rings. The largest absolute Gasteiger partial charge is 0.508 e. The van der Waals surface area contributed by atoms with Gasteiger partial charge in [0, 0.05) is 34.2 Å². The number of nitrogens with two attached hydrogens (primary N) is 2. The standard InChI is InChI=1S/C10H12N2O.C10H12N2/c11-4-3-7-6-12-10-2-1-8(13)5-9(7)10;11-6-5-8-7-12-10-4-2-1-3-9(8)10/h1-2,5-6,12-13H,3-4,11H2;1-4,7,12H,5-6,11H2. The molecule has 2 aromatic carbocycles. The number of para-hydroxylation sites is 1. The van der Waals surface area contributed by atoms with Crippen molar-refractivity contribution in [1.29, 1.82) is 0 Å². The summed E-state index contributed by atoms with van der Waals surface area (Å²) < 4.78 is 0. The summed E-state index contributed by atoms with van der Waals surface area (Å²) in [4.78, 5) is 6.35. The first-order valence-electron chi connectivity index (χ1n) is 8.47. The van der Waals surface area contributed by atoms with Gasteiger partial charge in [0.25, 0.3) is 0 Å². The van der Waals surface area contributed by atoms with E-state index in [0.717, 1.165) is 29.3 Å².